The largest absolute Gasteiger partial charge is 0.475 e. The van der Waals surface area contributed by atoms with Crippen molar-refractivity contribution in [2.75, 3.05) is 32.6 Å². The Morgan fingerprint density at radius 2 is 1.77 bits per heavy atom. The number of carbonyl (C=O) groups excluding carboxylic acids is 1. The second-order valence-corrected chi connectivity index (χ2v) is 11.9. The van der Waals surface area contributed by atoms with Gasteiger partial charge in [0.25, 0.3) is 0 Å². The Morgan fingerprint density at radius 1 is 1.12 bits per heavy atom. The van der Waals surface area contributed by atoms with E-state index in [-0.39, 0.29) is 31.7 Å². The first-order valence-electron chi connectivity index (χ1n) is 14.5. The monoisotopic (exact) mass is 638 g/mol. The van der Waals surface area contributed by atoms with Gasteiger partial charge in [-0.3, -0.25) is 28.7 Å². The van der Waals surface area contributed by atoms with Gasteiger partial charge in [-0.2, -0.15) is 17.0 Å². The van der Waals surface area contributed by atoms with Crippen LogP contribution in [0.3, 0.4) is 0 Å². The van der Waals surface area contributed by atoms with Crippen LogP contribution in [0.2, 0.25) is 0 Å². The van der Waals surface area contributed by atoms with Crippen LogP contribution in [0, 0.1) is 24.3 Å². The van der Waals surface area contributed by atoms with Gasteiger partial charge in [0.15, 0.2) is 6.19 Å². The van der Waals surface area contributed by atoms with Gasteiger partial charge in [0.05, 0.1) is 37.8 Å². The number of aliphatic imine (C=N–C) groups is 1. The number of H-pyrrole nitrogens is 1. The molecule has 3 N–H and O–H groups in total. The summed E-state index contributed by atoms with van der Waals surface area (Å²) >= 11 is 1.79. The number of thioether (sulfide) groups is 1. The Labute approximate surface area is 260 Å². The molecule has 0 saturated carbocycles. The lowest BCUT2D eigenvalue weighted by Gasteiger charge is -2.16. The average molecular weight is 639 g/mol. The second kappa shape index (κ2) is 22.6. The maximum atomic E-state index is 12.3. The molecule has 0 aliphatic carbocycles. The summed E-state index contributed by atoms with van der Waals surface area (Å²) in [6.07, 6.45) is 7.12. The summed E-state index contributed by atoms with van der Waals surface area (Å²) in [5.74, 6) is 2.57. The van der Waals surface area contributed by atoms with Crippen molar-refractivity contribution in [3.8, 4) is 11.9 Å². The molecule has 43 heavy (non-hydrogen) atoms. The SMILES string of the molecule is CCCC(CCC)C(=O)Oc1ccc(COP(=O)(OCC)OCC)cc1.CN=C(NC#N)NCCSCc1nc[nH]c1C. The number of esters is 1. The van der Waals surface area contributed by atoms with Gasteiger partial charge in [-0.05, 0) is 51.3 Å². The molecule has 0 aliphatic heterocycles. The number of aromatic nitrogens is 2. The van der Waals surface area contributed by atoms with Crippen molar-refractivity contribution in [2.45, 2.75) is 72.7 Å². The van der Waals surface area contributed by atoms with Crippen LogP contribution in [0.4, 0.5) is 0 Å². The molecule has 2 rings (SSSR count). The molecule has 0 unspecified atom stereocenters. The highest BCUT2D eigenvalue weighted by molar-refractivity contribution is 7.98. The number of carbonyl (C=O) groups is 1. The summed E-state index contributed by atoms with van der Waals surface area (Å²) in [5, 5.41) is 13.9. The van der Waals surface area contributed by atoms with E-state index in [0.717, 1.165) is 60.7 Å². The number of phosphoric acid groups is 1. The van der Waals surface area contributed by atoms with Crippen LogP contribution in [-0.2, 0) is 35.3 Å². The molecule has 0 radical (unpaired) electrons. The van der Waals surface area contributed by atoms with E-state index >= 15 is 0 Å². The lowest BCUT2D eigenvalue weighted by atomic mass is 9.99. The zero-order valence-corrected chi connectivity index (χ0v) is 27.9. The Morgan fingerprint density at radius 3 is 2.28 bits per heavy atom. The first-order valence-corrected chi connectivity index (χ1v) is 17.1. The number of nitriles is 1. The maximum absolute atomic E-state index is 12.3. The van der Waals surface area contributed by atoms with E-state index in [4.69, 9.17) is 23.6 Å². The number of aryl methyl sites for hydroxylation is 1. The third kappa shape index (κ3) is 16.0. The topological polar surface area (TPSA) is 160 Å². The van der Waals surface area contributed by atoms with E-state index in [9.17, 15) is 9.36 Å². The molecule has 0 amide bonds. The summed E-state index contributed by atoms with van der Waals surface area (Å²) in [6.45, 7) is 10.9. The van der Waals surface area contributed by atoms with E-state index in [0.29, 0.717) is 11.7 Å². The molecule has 12 nitrogen and oxygen atoms in total. The Balaban J connectivity index is 0.000000469. The number of ether oxygens (including phenoxy) is 1. The second-order valence-electron chi connectivity index (χ2n) is 9.16. The van der Waals surface area contributed by atoms with Gasteiger partial charge in [-0.25, -0.2) is 9.55 Å². The third-order valence-electron chi connectivity index (χ3n) is 5.82. The van der Waals surface area contributed by atoms with Crippen molar-refractivity contribution in [3.05, 3.63) is 47.5 Å². The van der Waals surface area contributed by atoms with Gasteiger partial charge in [-0.1, -0.05) is 38.8 Å². The first kappa shape index (κ1) is 38.1. The molecule has 0 spiro atoms. The number of nitrogens with zero attached hydrogens (tertiary/aromatic N) is 3. The number of benzene rings is 1. The van der Waals surface area contributed by atoms with Gasteiger partial charge >= 0.3 is 13.8 Å². The number of rotatable bonds is 18. The number of imidazole rings is 1. The third-order valence-corrected chi connectivity index (χ3v) is 8.39. The number of hydrogen-bond acceptors (Lipinski definition) is 10. The summed E-state index contributed by atoms with van der Waals surface area (Å²) < 4.78 is 33.2. The fraction of sp³-hybridized carbons (Fsp3) is 0.586. The maximum Gasteiger partial charge on any atom is 0.475 e. The summed E-state index contributed by atoms with van der Waals surface area (Å²) in [6, 6.07) is 6.94. The predicted molar refractivity (Wildman–Crippen MR) is 171 cm³/mol. The zero-order valence-electron chi connectivity index (χ0n) is 26.2. The van der Waals surface area contributed by atoms with Crippen molar-refractivity contribution >= 4 is 31.5 Å². The van der Waals surface area contributed by atoms with Crippen LogP contribution < -0.4 is 15.4 Å². The number of hydrogen-bond donors (Lipinski definition) is 3. The molecule has 240 valence electrons. The van der Waals surface area contributed by atoms with Crippen LogP contribution >= 0.6 is 19.6 Å². The van der Waals surface area contributed by atoms with Crippen molar-refractivity contribution in [2.24, 2.45) is 10.9 Å². The molecule has 0 saturated heterocycles. The molecule has 1 aromatic carbocycles. The van der Waals surface area contributed by atoms with Crippen molar-refractivity contribution in [3.63, 3.8) is 0 Å². The van der Waals surface area contributed by atoms with Crippen LogP contribution in [0.1, 0.15) is 70.3 Å². The van der Waals surface area contributed by atoms with E-state index in [1.54, 1.807) is 63.2 Å². The highest BCUT2D eigenvalue weighted by Gasteiger charge is 2.25. The molecule has 1 heterocycles. The van der Waals surface area contributed by atoms with Gasteiger partial charge in [0.1, 0.15) is 5.75 Å². The van der Waals surface area contributed by atoms with E-state index in [2.05, 4.69) is 39.4 Å². The van der Waals surface area contributed by atoms with E-state index < -0.39 is 7.82 Å². The number of nitrogens with one attached hydrogen (secondary N) is 3. The molecular formula is C29H47N6O6PS. The first-order chi connectivity index (χ1) is 20.7. The molecular weight excluding hydrogens is 591 g/mol. The van der Waals surface area contributed by atoms with Gasteiger partial charge in [0, 0.05) is 30.8 Å². The lowest BCUT2D eigenvalue weighted by molar-refractivity contribution is -0.139. The Hall–Kier alpha value is -2.88. The number of phosphoric ester groups is 1. The van der Waals surface area contributed by atoms with Crippen LogP contribution in [0.5, 0.6) is 5.75 Å². The molecule has 0 atom stereocenters. The minimum absolute atomic E-state index is 0.0590. The van der Waals surface area contributed by atoms with Gasteiger partial charge < -0.3 is 15.0 Å². The Bertz CT molecular complexity index is 1150. The molecule has 0 bridgehead atoms. The number of guanidine groups is 1. The number of aromatic amines is 1. The molecule has 0 fully saturated rings. The standard InChI is InChI=1S/C19H31O6P.C10H16N6S/c1-5-9-17(10-6-2)19(20)25-18-13-11-16(12-14-18)15-24-26(21,22-7-3)23-8-4;1-8-9(16-7-15-8)5-17-4-3-13-10(12-2)14-6-11/h11-14,17H,5-10,15H2,1-4H3;7H,3-5H2,1-2H3,(H,15,16)(H2,12,13,14). The molecule has 14 heteroatoms. The highest BCUT2D eigenvalue weighted by atomic mass is 32.2. The quantitative estimate of drug-likeness (QED) is 0.0253. The smallest absolute Gasteiger partial charge is 0.426 e. The minimum atomic E-state index is -3.53. The Kier molecular flexibility index (Phi) is 20.1. The minimum Gasteiger partial charge on any atom is -0.426 e. The zero-order chi connectivity index (χ0) is 31.9. The van der Waals surface area contributed by atoms with E-state index in [1.807, 2.05) is 13.1 Å². The fourth-order valence-electron chi connectivity index (χ4n) is 3.69. The summed E-state index contributed by atoms with van der Waals surface area (Å²) in [5.41, 5.74) is 2.99. The fourth-order valence-corrected chi connectivity index (χ4v) is 5.73. The van der Waals surface area contributed by atoms with Gasteiger partial charge in [-0.15, -0.1) is 0 Å². The van der Waals surface area contributed by atoms with Crippen LogP contribution in [-0.4, -0.2) is 54.5 Å². The lowest BCUT2D eigenvalue weighted by Crippen LogP contribution is -2.35. The molecule has 2 aromatic rings. The van der Waals surface area contributed by atoms with Crippen molar-refractivity contribution < 1.29 is 27.7 Å². The van der Waals surface area contributed by atoms with Gasteiger partial charge in [0.2, 0.25) is 5.96 Å². The highest BCUT2D eigenvalue weighted by Crippen LogP contribution is 2.49. The predicted octanol–water partition coefficient (Wildman–Crippen LogP) is 6.10. The summed E-state index contributed by atoms with van der Waals surface area (Å²) in [7, 11) is -1.90. The summed E-state index contributed by atoms with van der Waals surface area (Å²) in [4.78, 5) is 23.4. The van der Waals surface area contributed by atoms with Crippen LogP contribution in [0.25, 0.3) is 0 Å². The normalized spacial score (nSPS) is 11.4. The van der Waals surface area contributed by atoms with Crippen LogP contribution in [0.15, 0.2) is 35.6 Å². The van der Waals surface area contributed by atoms with Crippen molar-refractivity contribution in [1.29, 1.82) is 5.26 Å². The average Bonchev–Trinajstić information content (AvgIpc) is 3.40. The van der Waals surface area contributed by atoms with E-state index in [1.165, 1.54) is 0 Å². The van der Waals surface area contributed by atoms with Crippen molar-refractivity contribution in [1.82, 2.24) is 20.6 Å². The molecule has 1 aromatic heterocycles. The molecule has 0 aliphatic rings.